The van der Waals surface area contributed by atoms with E-state index in [1.807, 2.05) is 27.7 Å². The van der Waals surface area contributed by atoms with E-state index in [-0.39, 0.29) is 60.1 Å². The van der Waals surface area contributed by atoms with Gasteiger partial charge in [0.05, 0.1) is 24.5 Å². The van der Waals surface area contributed by atoms with Gasteiger partial charge in [-0.25, -0.2) is 0 Å². The topological polar surface area (TPSA) is 141 Å². The van der Waals surface area contributed by atoms with Gasteiger partial charge in [-0.2, -0.15) is 0 Å². The Morgan fingerprint density at radius 3 is 2.17 bits per heavy atom. The third-order valence-corrected chi connectivity index (χ3v) is 12.0. The van der Waals surface area contributed by atoms with Crippen molar-refractivity contribution in [1.29, 1.82) is 0 Å². The quantitative estimate of drug-likeness (QED) is 0.439. The van der Waals surface area contributed by atoms with Crippen LogP contribution in [0.25, 0.3) is 0 Å². The molecule has 0 aromatic carbocycles. The molecule has 42 heavy (non-hydrogen) atoms. The normalized spacial score (nSPS) is 38.7. The summed E-state index contributed by atoms with van der Waals surface area (Å²) in [6.07, 6.45) is -0.913. The molecule has 0 radical (unpaired) electrons. The summed E-state index contributed by atoms with van der Waals surface area (Å²) in [5, 5.41) is 10.9. The lowest BCUT2D eigenvalue weighted by Gasteiger charge is -2.61. The summed E-state index contributed by atoms with van der Waals surface area (Å²) in [6, 6.07) is 0. The highest BCUT2D eigenvalue weighted by Crippen LogP contribution is 2.70. The number of Topliss-reactive ketones (excluding diaryl/α,β-unsaturated/α-hetero) is 4. The van der Waals surface area contributed by atoms with Gasteiger partial charge in [-0.05, 0) is 42.9 Å². The highest BCUT2D eigenvalue weighted by Gasteiger charge is 2.74. The Balaban J connectivity index is 1.85. The third kappa shape index (κ3) is 4.36. The largest absolute Gasteiger partial charge is 0.469 e. The molecule has 1 N–H and O–H groups in total. The van der Waals surface area contributed by atoms with Crippen molar-refractivity contribution >= 4 is 35.1 Å². The molecule has 0 aromatic heterocycles. The van der Waals surface area contributed by atoms with E-state index in [2.05, 4.69) is 0 Å². The first-order valence-corrected chi connectivity index (χ1v) is 15.1. The fraction of sp³-hybridized carbons (Fsp3) is 0.758. The van der Waals surface area contributed by atoms with E-state index < -0.39 is 69.3 Å². The van der Waals surface area contributed by atoms with Gasteiger partial charge in [0, 0.05) is 54.6 Å². The highest BCUT2D eigenvalue weighted by atomic mass is 16.5. The number of hydrogen-bond donors (Lipinski definition) is 1. The van der Waals surface area contributed by atoms with Crippen LogP contribution < -0.4 is 0 Å². The molecule has 2 fully saturated rings. The van der Waals surface area contributed by atoms with Gasteiger partial charge in [-0.3, -0.25) is 28.8 Å². The summed E-state index contributed by atoms with van der Waals surface area (Å²) < 4.78 is 10.6. The van der Waals surface area contributed by atoms with Crippen LogP contribution in [-0.2, 0) is 38.2 Å². The van der Waals surface area contributed by atoms with Crippen molar-refractivity contribution in [3.63, 3.8) is 0 Å². The predicted octanol–water partition coefficient (Wildman–Crippen LogP) is 3.97. The number of carbonyl (C=O) groups is 6. The molecular weight excluding hydrogens is 540 g/mol. The Morgan fingerprint density at radius 1 is 0.976 bits per heavy atom. The van der Waals surface area contributed by atoms with E-state index in [4.69, 9.17) is 9.47 Å². The highest BCUT2D eigenvalue weighted by molar-refractivity contribution is 6.18. The van der Waals surface area contributed by atoms with E-state index in [9.17, 15) is 33.9 Å². The predicted molar refractivity (Wildman–Crippen MR) is 152 cm³/mol. The number of fused-ring (bicyclic) bond motifs is 4. The number of esters is 2. The summed E-state index contributed by atoms with van der Waals surface area (Å²) in [7, 11) is 1.27. The smallest absolute Gasteiger partial charge is 0.308 e. The molecular formula is C33H46O9. The molecule has 0 unspecified atom stereocenters. The monoisotopic (exact) mass is 586 g/mol. The Kier molecular flexibility index (Phi) is 8.05. The summed E-state index contributed by atoms with van der Waals surface area (Å²) in [4.78, 5) is 80.4. The Morgan fingerprint density at radius 2 is 1.60 bits per heavy atom. The van der Waals surface area contributed by atoms with Crippen LogP contribution in [0.5, 0.6) is 0 Å². The zero-order valence-electron chi connectivity index (χ0n) is 26.4. The van der Waals surface area contributed by atoms with Crippen molar-refractivity contribution in [2.45, 2.75) is 106 Å². The van der Waals surface area contributed by atoms with Crippen LogP contribution >= 0.6 is 0 Å². The van der Waals surface area contributed by atoms with Crippen molar-refractivity contribution in [3.8, 4) is 0 Å². The molecule has 0 saturated heterocycles. The maximum Gasteiger partial charge on any atom is 0.308 e. The van der Waals surface area contributed by atoms with Crippen molar-refractivity contribution in [2.75, 3.05) is 7.11 Å². The number of aliphatic hydroxyl groups is 1. The summed E-state index contributed by atoms with van der Waals surface area (Å²) in [6.45, 7) is 13.9. The van der Waals surface area contributed by atoms with Gasteiger partial charge < -0.3 is 14.6 Å². The number of ether oxygens (including phenoxy) is 2. The summed E-state index contributed by atoms with van der Waals surface area (Å²) in [5.74, 6) is -4.18. The van der Waals surface area contributed by atoms with E-state index in [0.717, 1.165) is 0 Å². The molecule has 232 valence electrons. The lowest BCUT2D eigenvalue weighted by Crippen LogP contribution is -2.65. The summed E-state index contributed by atoms with van der Waals surface area (Å²) >= 11 is 0. The molecule has 0 aliphatic heterocycles. The van der Waals surface area contributed by atoms with Gasteiger partial charge >= 0.3 is 11.9 Å². The van der Waals surface area contributed by atoms with Crippen LogP contribution in [0.4, 0.5) is 0 Å². The van der Waals surface area contributed by atoms with Crippen LogP contribution in [0.3, 0.4) is 0 Å². The van der Waals surface area contributed by atoms with E-state index in [1.165, 1.54) is 14.0 Å². The maximum atomic E-state index is 14.7. The van der Waals surface area contributed by atoms with Crippen LogP contribution in [0.2, 0.25) is 0 Å². The minimum atomic E-state index is -1.41. The first kappa shape index (κ1) is 32.2. The number of ketones is 4. The summed E-state index contributed by atoms with van der Waals surface area (Å²) in [5.41, 5.74) is -3.63. The first-order chi connectivity index (χ1) is 19.3. The van der Waals surface area contributed by atoms with Crippen molar-refractivity contribution < 1.29 is 43.3 Å². The van der Waals surface area contributed by atoms with E-state index in [0.29, 0.717) is 12.8 Å². The molecule has 9 nitrogen and oxygen atoms in total. The molecule has 2 saturated carbocycles. The average Bonchev–Trinajstić information content (AvgIpc) is 3.11. The number of methoxy groups -OCH3 is 1. The van der Waals surface area contributed by atoms with Gasteiger partial charge in [0.25, 0.3) is 0 Å². The molecule has 0 aromatic rings. The van der Waals surface area contributed by atoms with Gasteiger partial charge in [0.1, 0.15) is 11.6 Å². The second kappa shape index (κ2) is 10.5. The van der Waals surface area contributed by atoms with Crippen LogP contribution in [-0.4, -0.2) is 59.5 Å². The average molecular weight is 587 g/mol. The standard InChI is InChI=1S/C33H46O9/c1-16(12-19(35)13-17(2)29(40)41-9)20-14-24(38)33(8)25-21(36)15-22-30(4,5)23(37)10-11-31(22,6)26(25)27(39)28(32(20,33)7)42-18(3)34/h16-17,20,22-23,28,37H,10-15H2,1-9H3/t16-,17+,20-,22+,23+,28-,31+,32+,33+/m1/s1. The van der Waals surface area contributed by atoms with Crippen LogP contribution in [0, 0.1) is 45.3 Å². The Bertz CT molecular complexity index is 1280. The van der Waals surface area contributed by atoms with Gasteiger partial charge in [0.15, 0.2) is 11.9 Å². The number of hydrogen-bond acceptors (Lipinski definition) is 9. The first-order valence-electron chi connectivity index (χ1n) is 15.1. The van der Waals surface area contributed by atoms with Crippen LogP contribution in [0.1, 0.15) is 93.9 Å². The number of rotatable bonds is 7. The molecule has 4 aliphatic rings. The molecule has 0 heterocycles. The Labute approximate surface area is 248 Å². The fourth-order valence-electron chi connectivity index (χ4n) is 9.37. The van der Waals surface area contributed by atoms with E-state index >= 15 is 0 Å². The third-order valence-electron chi connectivity index (χ3n) is 12.0. The van der Waals surface area contributed by atoms with E-state index in [1.54, 1.807) is 20.8 Å². The second-order valence-electron chi connectivity index (χ2n) is 14.6. The second-order valence-corrected chi connectivity index (χ2v) is 14.6. The van der Waals surface area contributed by atoms with Gasteiger partial charge in [0.2, 0.25) is 5.78 Å². The zero-order chi connectivity index (χ0) is 31.7. The van der Waals surface area contributed by atoms with Gasteiger partial charge in [-0.1, -0.05) is 41.5 Å². The van der Waals surface area contributed by atoms with Crippen molar-refractivity contribution in [2.24, 2.45) is 45.3 Å². The van der Waals surface area contributed by atoms with Crippen molar-refractivity contribution in [1.82, 2.24) is 0 Å². The zero-order valence-corrected chi connectivity index (χ0v) is 26.4. The number of carbonyl (C=O) groups excluding carboxylic acids is 6. The minimum absolute atomic E-state index is 0.0207. The minimum Gasteiger partial charge on any atom is -0.469 e. The lowest BCUT2D eigenvalue weighted by molar-refractivity contribution is -0.176. The number of aliphatic hydroxyl groups excluding tert-OH is 1. The molecule has 0 spiro atoms. The molecule has 9 atom stereocenters. The Hall–Kier alpha value is -2.68. The molecule has 9 heteroatoms. The molecule has 4 rings (SSSR count). The molecule has 4 aliphatic carbocycles. The van der Waals surface area contributed by atoms with Gasteiger partial charge in [-0.15, -0.1) is 0 Å². The SMILES string of the molecule is COC(=O)[C@@H](C)CC(=O)C[C@@H](C)[C@H]1CC(=O)[C@@]2(C)C3=C(C(=O)[C@@H](OC(C)=O)[C@]12C)[C@@]1(C)CC[C@H](O)C(C)(C)[C@@H]1CC3=O. The maximum absolute atomic E-state index is 14.7. The molecule has 0 amide bonds. The number of allylic oxidation sites excluding steroid dienone is 1. The van der Waals surface area contributed by atoms with Crippen molar-refractivity contribution in [3.05, 3.63) is 11.1 Å². The lowest BCUT2D eigenvalue weighted by atomic mass is 9.42. The fourth-order valence-corrected chi connectivity index (χ4v) is 9.37. The van der Waals surface area contributed by atoms with Crippen LogP contribution in [0.15, 0.2) is 11.1 Å². The molecule has 0 bridgehead atoms.